The molecule has 0 unspecified atom stereocenters. The average molecular weight is 238 g/mol. The lowest BCUT2D eigenvalue weighted by Crippen LogP contribution is -2.39. The number of hydrogen-bond acceptors (Lipinski definition) is 4. The second-order valence-electron chi connectivity index (χ2n) is 5.22. The predicted octanol–water partition coefficient (Wildman–Crippen LogP) is 1.29. The Bertz CT molecular complexity index is 433. The van der Waals surface area contributed by atoms with E-state index in [-0.39, 0.29) is 6.09 Å². The molecule has 0 saturated heterocycles. The van der Waals surface area contributed by atoms with Crippen molar-refractivity contribution in [2.75, 3.05) is 12.3 Å². The molecule has 2 rings (SSSR count). The molecule has 6 nitrogen and oxygen atoms in total. The third-order valence-corrected chi connectivity index (χ3v) is 2.62. The van der Waals surface area contributed by atoms with E-state index in [1.807, 2.05) is 20.8 Å². The summed E-state index contributed by atoms with van der Waals surface area (Å²) in [6.45, 7) is 6.66. The van der Waals surface area contributed by atoms with E-state index in [0.717, 1.165) is 17.7 Å². The molecule has 1 aromatic rings. The molecule has 94 valence electrons. The summed E-state index contributed by atoms with van der Waals surface area (Å²) in [7, 11) is 0. The second kappa shape index (κ2) is 3.94. The Balaban J connectivity index is 2.05. The molecule has 1 amide bonds. The van der Waals surface area contributed by atoms with Gasteiger partial charge in [0.1, 0.15) is 11.4 Å². The summed E-state index contributed by atoms with van der Waals surface area (Å²) >= 11 is 0. The lowest BCUT2D eigenvalue weighted by atomic mass is 10.1. The number of fused-ring (bicyclic) bond motifs is 1. The molecule has 1 aliphatic rings. The quantitative estimate of drug-likeness (QED) is 0.713. The van der Waals surface area contributed by atoms with Crippen molar-refractivity contribution >= 4 is 11.9 Å². The molecule has 0 bridgehead atoms. The summed E-state index contributed by atoms with van der Waals surface area (Å²) in [5, 5.41) is 6.79. The van der Waals surface area contributed by atoms with Crippen molar-refractivity contribution in [2.24, 2.45) is 0 Å². The van der Waals surface area contributed by atoms with Crippen molar-refractivity contribution in [1.29, 1.82) is 0 Å². The molecule has 0 saturated carbocycles. The molecule has 0 aliphatic carbocycles. The normalized spacial score (nSPS) is 15.6. The molecule has 3 N–H and O–H groups in total. The van der Waals surface area contributed by atoms with Gasteiger partial charge in [-0.3, -0.25) is 5.10 Å². The maximum absolute atomic E-state index is 11.9. The van der Waals surface area contributed by atoms with Crippen molar-refractivity contribution in [3.63, 3.8) is 0 Å². The summed E-state index contributed by atoms with van der Waals surface area (Å²) in [5.41, 5.74) is 7.16. The largest absolute Gasteiger partial charge is 0.444 e. The van der Waals surface area contributed by atoms with Crippen LogP contribution in [-0.4, -0.2) is 33.3 Å². The van der Waals surface area contributed by atoms with Crippen molar-refractivity contribution < 1.29 is 9.53 Å². The van der Waals surface area contributed by atoms with Crippen LogP contribution in [0.5, 0.6) is 0 Å². The summed E-state index contributed by atoms with van der Waals surface area (Å²) in [4.78, 5) is 13.5. The van der Waals surface area contributed by atoms with Gasteiger partial charge in [-0.2, -0.15) is 5.10 Å². The Morgan fingerprint density at radius 1 is 1.53 bits per heavy atom. The van der Waals surface area contributed by atoms with Crippen LogP contribution >= 0.6 is 0 Å². The highest BCUT2D eigenvalue weighted by molar-refractivity contribution is 5.68. The smallest absolute Gasteiger partial charge is 0.410 e. The molecule has 0 aromatic carbocycles. The third kappa shape index (κ3) is 2.51. The van der Waals surface area contributed by atoms with Gasteiger partial charge in [0.05, 0.1) is 12.2 Å². The molecule has 1 aliphatic heterocycles. The predicted molar refractivity (Wildman–Crippen MR) is 63.3 cm³/mol. The first kappa shape index (κ1) is 11.8. The van der Waals surface area contributed by atoms with Crippen LogP contribution in [0.1, 0.15) is 32.0 Å². The average Bonchev–Trinajstić information content (AvgIpc) is 2.57. The second-order valence-corrected chi connectivity index (χ2v) is 5.22. The fourth-order valence-electron chi connectivity index (χ4n) is 1.83. The summed E-state index contributed by atoms with van der Waals surface area (Å²) in [6, 6.07) is 0. The zero-order valence-electron chi connectivity index (χ0n) is 10.4. The van der Waals surface area contributed by atoms with Crippen LogP contribution in [0.2, 0.25) is 0 Å². The maximum atomic E-state index is 11.9. The van der Waals surface area contributed by atoms with Crippen molar-refractivity contribution in [3.8, 4) is 0 Å². The van der Waals surface area contributed by atoms with Crippen molar-refractivity contribution in [2.45, 2.75) is 39.3 Å². The first-order valence-corrected chi connectivity index (χ1v) is 5.66. The van der Waals surface area contributed by atoms with Gasteiger partial charge in [0, 0.05) is 12.1 Å². The van der Waals surface area contributed by atoms with Crippen LogP contribution in [-0.2, 0) is 17.7 Å². The number of carbonyl (C=O) groups excluding carboxylic acids is 1. The Labute approximate surface area is 100 Å². The van der Waals surface area contributed by atoms with Crippen LogP contribution in [0.3, 0.4) is 0 Å². The minimum Gasteiger partial charge on any atom is -0.444 e. The van der Waals surface area contributed by atoms with Crippen LogP contribution in [0.15, 0.2) is 0 Å². The minimum atomic E-state index is -0.468. The lowest BCUT2D eigenvalue weighted by molar-refractivity contribution is 0.0221. The van der Waals surface area contributed by atoms with Gasteiger partial charge in [0.15, 0.2) is 0 Å². The molecular weight excluding hydrogens is 220 g/mol. The summed E-state index contributed by atoms with van der Waals surface area (Å²) < 4.78 is 5.32. The van der Waals surface area contributed by atoms with Gasteiger partial charge in [-0.15, -0.1) is 0 Å². The number of carbonyl (C=O) groups is 1. The number of nitrogen functional groups attached to an aromatic ring is 1. The van der Waals surface area contributed by atoms with E-state index < -0.39 is 5.60 Å². The van der Waals surface area contributed by atoms with Gasteiger partial charge in [0.25, 0.3) is 0 Å². The molecule has 0 radical (unpaired) electrons. The number of ether oxygens (including phenoxy) is 1. The van der Waals surface area contributed by atoms with Gasteiger partial charge in [-0.25, -0.2) is 4.79 Å². The zero-order chi connectivity index (χ0) is 12.6. The monoisotopic (exact) mass is 238 g/mol. The number of amides is 1. The van der Waals surface area contributed by atoms with Gasteiger partial charge in [0.2, 0.25) is 0 Å². The Kier molecular flexibility index (Phi) is 2.73. The van der Waals surface area contributed by atoms with Crippen molar-refractivity contribution in [3.05, 3.63) is 11.3 Å². The van der Waals surface area contributed by atoms with E-state index in [2.05, 4.69) is 10.2 Å². The number of anilines is 1. The molecule has 0 atom stereocenters. The summed E-state index contributed by atoms with van der Waals surface area (Å²) in [6.07, 6.45) is 0.424. The number of nitrogens with zero attached hydrogens (tertiary/aromatic N) is 2. The van der Waals surface area contributed by atoms with Gasteiger partial charge in [-0.1, -0.05) is 0 Å². The summed E-state index contributed by atoms with van der Waals surface area (Å²) in [5.74, 6) is 0.531. The molecule has 17 heavy (non-hydrogen) atoms. The lowest BCUT2D eigenvalue weighted by Gasteiger charge is -2.29. The first-order valence-electron chi connectivity index (χ1n) is 5.66. The number of aromatic nitrogens is 2. The molecule has 0 fully saturated rings. The van der Waals surface area contributed by atoms with Gasteiger partial charge >= 0.3 is 6.09 Å². The van der Waals surface area contributed by atoms with Gasteiger partial charge in [-0.05, 0) is 27.2 Å². The number of nitrogens with two attached hydrogens (primary N) is 1. The fraction of sp³-hybridized carbons (Fsp3) is 0.636. The van der Waals surface area contributed by atoms with E-state index in [1.165, 1.54) is 0 Å². The van der Waals surface area contributed by atoms with E-state index in [9.17, 15) is 4.79 Å². The Hall–Kier alpha value is -1.72. The number of hydrogen-bond donors (Lipinski definition) is 2. The van der Waals surface area contributed by atoms with E-state index in [4.69, 9.17) is 10.5 Å². The van der Waals surface area contributed by atoms with Gasteiger partial charge < -0.3 is 15.4 Å². The maximum Gasteiger partial charge on any atom is 0.410 e. The zero-order valence-corrected chi connectivity index (χ0v) is 10.4. The highest BCUT2D eigenvalue weighted by atomic mass is 16.6. The van der Waals surface area contributed by atoms with Crippen molar-refractivity contribution in [1.82, 2.24) is 15.1 Å². The van der Waals surface area contributed by atoms with Crippen LogP contribution in [0, 0.1) is 0 Å². The highest BCUT2D eigenvalue weighted by Gasteiger charge is 2.27. The third-order valence-electron chi connectivity index (χ3n) is 2.62. The number of H-pyrrole nitrogens is 1. The van der Waals surface area contributed by atoms with E-state index >= 15 is 0 Å². The number of aromatic amines is 1. The molecule has 6 heteroatoms. The SMILES string of the molecule is CC(C)(C)OC(=O)N1CCc2c(N)n[nH]c2C1. The van der Waals surface area contributed by atoms with Crippen LogP contribution in [0.25, 0.3) is 0 Å². The van der Waals surface area contributed by atoms with E-state index in [1.54, 1.807) is 4.90 Å². The number of rotatable bonds is 0. The molecule has 0 spiro atoms. The number of nitrogens with one attached hydrogen (secondary N) is 1. The topological polar surface area (TPSA) is 84.2 Å². The fourth-order valence-corrected chi connectivity index (χ4v) is 1.83. The van der Waals surface area contributed by atoms with E-state index in [0.29, 0.717) is 18.9 Å². The Morgan fingerprint density at radius 2 is 2.24 bits per heavy atom. The highest BCUT2D eigenvalue weighted by Crippen LogP contribution is 2.22. The standard InChI is InChI=1S/C11H18N4O2/c1-11(2,3)17-10(16)15-5-4-7-8(6-15)13-14-9(7)12/h4-6H2,1-3H3,(H3,12,13,14). The van der Waals surface area contributed by atoms with Crippen LogP contribution < -0.4 is 5.73 Å². The molecular formula is C11H18N4O2. The van der Waals surface area contributed by atoms with Crippen LogP contribution in [0.4, 0.5) is 10.6 Å². The first-order chi connectivity index (χ1) is 7.87. The minimum absolute atomic E-state index is 0.295. The Morgan fingerprint density at radius 3 is 2.88 bits per heavy atom. The molecule has 2 heterocycles. The molecule has 1 aromatic heterocycles.